The number of ether oxygens (including phenoxy) is 1. The van der Waals surface area contributed by atoms with Crippen LogP contribution in [0.2, 0.25) is 0 Å². The van der Waals surface area contributed by atoms with Gasteiger partial charge in [0.2, 0.25) is 0 Å². The molecule has 1 aliphatic rings. The first kappa shape index (κ1) is 15.3. The molecular formula is C17H28N2O. The Balaban J connectivity index is 1.65. The lowest BCUT2D eigenvalue weighted by Crippen LogP contribution is -2.40. The molecule has 20 heavy (non-hydrogen) atoms. The maximum Gasteiger partial charge on any atom is 0.119 e. The SMILES string of the molecule is CC1(C)CCCN(CCCOc2ccc(CN)cc2)C1. The van der Waals surface area contributed by atoms with Gasteiger partial charge in [0, 0.05) is 19.6 Å². The van der Waals surface area contributed by atoms with E-state index < -0.39 is 0 Å². The molecule has 0 aliphatic carbocycles. The number of piperidine rings is 1. The lowest BCUT2D eigenvalue weighted by molar-refractivity contribution is 0.111. The molecule has 0 saturated carbocycles. The van der Waals surface area contributed by atoms with Crippen LogP contribution in [-0.4, -0.2) is 31.1 Å². The van der Waals surface area contributed by atoms with Gasteiger partial charge in [-0.1, -0.05) is 26.0 Å². The highest BCUT2D eigenvalue weighted by atomic mass is 16.5. The first-order chi connectivity index (χ1) is 9.59. The molecule has 0 amide bonds. The van der Waals surface area contributed by atoms with E-state index >= 15 is 0 Å². The van der Waals surface area contributed by atoms with E-state index in [1.807, 2.05) is 24.3 Å². The summed E-state index contributed by atoms with van der Waals surface area (Å²) in [6, 6.07) is 8.07. The van der Waals surface area contributed by atoms with Crippen molar-refractivity contribution in [3.63, 3.8) is 0 Å². The van der Waals surface area contributed by atoms with Crippen LogP contribution in [0.5, 0.6) is 5.75 Å². The van der Waals surface area contributed by atoms with Crippen molar-refractivity contribution < 1.29 is 4.74 Å². The number of nitrogens with two attached hydrogens (primary N) is 1. The molecule has 1 aromatic carbocycles. The molecule has 1 aliphatic heterocycles. The zero-order valence-corrected chi connectivity index (χ0v) is 12.9. The lowest BCUT2D eigenvalue weighted by atomic mass is 9.84. The Morgan fingerprint density at radius 1 is 1.25 bits per heavy atom. The molecule has 2 N–H and O–H groups in total. The van der Waals surface area contributed by atoms with Crippen molar-refractivity contribution in [1.82, 2.24) is 4.90 Å². The van der Waals surface area contributed by atoms with Crippen molar-refractivity contribution >= 4 is 0 Å². The molecular weight excluding hydrogens is 248 g/mol. The molecule has 0 spiro atoms. The number of hydrogen-bond donors (Lipinski definition) is 1. The van der Waals surface area contributed by atoms with Crippen LogP contribution in [0.15, 0.2) is 24.3 Å². The summed E-state index contributed by atoms with van der Waals surface area (Å²) >= 11 is 0. The van der Waals surface area contributed by atoms with Crippen molar-refractivity contribution in [2.45, 2.75) is 39.7 Å². The van der Waals surface area contributed by atoms with Crippen LogP contribution in [0.4, 0.5) is 0 Å². The maximum atomic E-state index is 5.78. The van der Waals surface area contributed by atoms with Crippen LogP contribution in [0.25, 0.3) is 0 Å². The van der Waals surface area contributed by atoms with Crippen molar-refractivity contribution in [2.75, 3.05) is 26.2 Å². The van der Waals surface area contributed by atoms with Gasteiger partial charge in [-0.15, -0.1) is 0 Å². The highest BCUT2D eigenvalue weighted by Gasteiger charge is 2.25. The summed E-state index contributed by atoms with van der Waals surface area (Å²) in [5.41, 5.74) is 7.21. The van der Waals surface area contributed by atoms with Gasteiger partial charge in [-0.2, -0.15) is 0 Å². The zero-order valence-electron chi connectivity index (χ0n) is 12.9. The second-order valence-electron chi connectivity index (χ2n) is 6.59. The van der Waals surface area contributed by atoms with Crippen molar-refractivity contribution in [2.24, 2.45) is 11.1 Å². The Hall–Kier alpha value is -1.06. The molecule has 0 bridgehead atoms. The molecule has 0 unspecified atom stereocenters. The van der Waals surface area contributed by atoms with Crippen LogP contribution in [-0.2, 0) is 6.54 Å². The average molecular weight is 276 g/mol. The fraction of sp³-hybridized carbons (Fsp3) is 0.647. The van der Waals surface area contributed by atoms with Gasteiger partial charge < -0.3 is 15.4 Å². The minimum atomic E-state index is 0.483. The highest BCUT2D eigenvalue weighted by molar-refractivity contribution is 5.26. The predicted octanol–water partition coefficient (Wildman–Crippen LogP) is 3.04. The number of hydrogen-bond acceptors (Lipinski definition) is 3. The topological polar surface area (TPSA) is 38.5 Å². The molecule has 0 radical (unpaired) electrons. The van der Waals surface area contributed by atoms with E-state index in [0.717, 1.165) is 30.9 Å². The summed E-state index contributed by atoms with van der Waals surface area (Å²) in [6.45, 7) is 9.73. The normalized spacial score (nSPS) is 18.9. The first-order valence-electron chi connectivity index (χ1n) is 7.73. The Morgan fingerprint density at radius 2 is 2.00 bits per heavy atom. The van der Waals surface area contributed by atoms with Crippen molar-refractivity contribution in [1.29, 1.82) is 0 Å². The monoisotopic (exact) mass is 276 g/mol. The summed E-state index contributed by atoms with van der Waals surface area (Å²) in [6.07, 6.45) is 3.77. The minimum absolute atomic E-state index is 0.483. The van der Waals surface area contributed by atoms with E-state index in [1.165, 1.54) is 25.9 Å². The molecule has 3 nitrogen and oxygen atoms in total. The van der Waals surface area contributed by atoms with Crippen LogP contribution in [0.1, 0.15) is 38.7 Å². The van der Waals surface area contributed by atoms with Gasteiger partial charge in [-0.05, 0) is 48.9 Å². The molecule has 2 rings (SSSR count). The van der Waals surface area contributed by atoms with Crippen LogP contribution >= 0.6 is 0 Å². The third kappa shape index (κ3) is 4.80. The predicted molar refractivity (Wildman–Crippen MR) is 83.9 cm³/mol. The number of benzene rings is 1. The van der Waals surface area contributed by atoms with Gasteiger partial charge >= 0.3 is 0 Å². The van der Waals surface area contributed by atoms with E-state index in [0.29, 0.717) is 12.0 Å². The number of rotatable bonds is 6. The van der Waals surface area contributed by atoms with Gasteiger partial charge in [0.15, 0.2) is 0 Å². The summed E-state index contributed by atoms with van der Waals surface area (Å²) in [5, 5.41) is 0. The van der Waals surface area contributed by atoms with Gasteiger partial charge in [0.1, 0.15) is 5.75 Å². The van der Waals surface area contributed by atoms with Gasteiger partial charge in [0.25, 0.3) is 0 Å². The maximum absolute atomic E-state index is 5.78. The van der Waals surface area contributed by atoms with Gasteiger partial charge in [-0.25, -0.2) is 0 Å². The zero-order chi connectivity index (χ0) is 14.4. The third-order valence-electron chi connectivity index (χ3n) is 4.03. The minimum Gasteiger partial charge on any atom is -0.494 e. The number of likely N-dealkylation sites (tertiary alicyclic amines) is 1. The first-order valence-corrected chi connectivity index (χ1v) is 7.73. The van der Waals surface area contributed by atoms with Crippen LogP contribution < -0.4 is 10.5 Å². The fourth-order valence-electron chi connectivity index (χ4n) is 2.94. The molecule has 1 saturated heterocycles. The Bertz CT molecular complexity index is 400. The lowest BCUT2D eigenvalue weighted by Gasteiger charge is -2.38. The van der Waals surface area contributed by atoms with E-state index in [-0.39, 0.29) is 0 Å². The Labute approximate surface area is 123 Å². The highest BCUT2D eigenvalue weighted by Crippen LogP contribution is 2.28. The molecule has 0 aromatic heterocycles. The van der Waals surface area contributed by atoms with Crippen LogP contribution in [0.3, 0.4) is 0 Å². The second-order valence-corrected chi connectivity index (χ2v) is 6.59. The Morgan fingerprint density at radius 3 is 2.65 bits per heavy atom. The fourth-order valence-corrected chi connectivity index (χ4v) is 2.94. The number of nitrogens with zero attached hydrogens (tertiary/aromatic N) is 1. The smallest absolute Gasteiger partial charge is 0.119 e. The summed E-state index contributed by atoms with van der Waals surface area (Å²) in [7, 11) is 0. The molecule has 112 valence electrons. The molecule has 1 aromatic rings. The van der Waals surface area contributed by atoms with Gasteiger partial charge in [0.05, 0.1) is 6.61 Å². The Kier molecular flexibility index (Phi) is 5.44. The van der Waals surface area contributed by atoms with Crippen molar-refractivity contribution in [3.05, 3.63) is 29.8 Å². The average Bonchev–Trinajstić information content (AvgIpc) is 2.43. The molecule has 1 fully saturated rings. The quantitative estimate of drug-likeness (QED) is 0.812. The largest absolute Gasteiger partial charge is 0.494 e. The summed E-state index contributed by atoms with van der Waals surface area (Å²) < 4.78 is 5.78. The van der Waals surface area contributed by atoms with E-state index in [4.69, 9.17) is 10.5 Å². The molecule has 0 atom stereocenters. The summed E-state index contributed by atoms with van der Waals surface area (Å²) in [5.74, 6) is 0.946. The molecule has 3 heteroatoms. The van der Waals surface area contributed by atoms with Gasteiger partial charge in [-0.3, -0.25) is 0 Å². The van der Waals surface area contributed by atoms with E-state index in [2.05, 4.69) is 18.7 Å². The van der Waals surface area contributed by atoms with Crippen LogP contribution in [0, 0.1) is 5.41 Å². The van der Waals surface area contributed by atoms with E-state index in [1.54, 1.807) is 0 Å². The second kappa shape index (κ2) is 7.09. The standard InChI is InChI=1S/C17H28N2O/c1-17(2)9-3-10-19(14-17)11-4-12-20-16-7-5-15(13-18)6-8-16/h5-8H,3-4,9-14,18H2,1-2H3. The van der Waals surface area contributed by atoms with Crippen molar-refractivity contribution in [3.8, 4) is 5.75 Å². The van der Waals surface area contributed by atoms with E-state index in [9.17, 15) is 0 Å². The third-order valence-corrected chi connectivity index (χ3v) is 4.03. The summed E-state index contributed by atoms with van der Waals surface area (Å²) in [4.78, 5) is 2.57. The molecule has 1 heterocycles.